The lowest BCUT2D eigenvalue weighted by atomic mass is 10.1. The molecule has 0 unspecified atom stereocenters. The van der Waals surface area contributed by atoms with Gasteiger partial charge in [0.25, 0.3) is 5.91 Å². The SMILES string of the molecule is CC(C)CN1CCN(C(=O)c2ccc3c(c2)CNC3)CC1.Cl.Cl. The summed E-state index contributed by atoms with van der Waals surface area (Å²) in [6.07, 6.45) is 0. The van der Waals surface area contributed by atoms with Crippen molar-refractivity contribution >= 4 is 30.7 Å². The Bertz CT molecular complexity index is 529. The first-order chi connectivity index (χ1) is 10.1. The molecule has 0 saturated carbocycles. The third-order valence-electron chi connectivity index (χ3n) is 4.37. The molecule has 3 rings (SSSR count). The molecule has 2 aliphatic heterocycles. The summed E-state index contributed by atoms with van der Waals surface area (Å²) in [4.78, 5) is 17.1. The van der Waals surface area contributed by atoms with Crippen LogP contribution in [0.5, 0.6) is 0 Å². The molecule has 6 heteroatoms. The van der Waals surface area contributed by atoms with Crippen molar-refractivity contribution in [2.45, 2.75) is 26.9 Å². The maximum absolute atomic E-state index is 12.6. The maximum atomic E-state index is 12.6. The van der Waals surface area contributed by atoms with Gasteiger partial charge in [0.1, 0.15) is 0 Å². The van der Waals surface area contributed by atoms with Crippen molar-refractivity contribution in [1.29, 1.82) is 0 Å². The lowest BCUT2D eigenvalue weighted by Gasteiger charge is -2.35. The summed E-state index contributed by atoms with van der Waals surface area (Å²) in [6, 6.07) is 6.14. The molecule has 0 bridgehead atoms. The molecule has 1 saturated heterocycles. The van der Waals surface area contributed by atoms with Crippen LogP contribution in [0.4, 0.5) is 0 Å². The number of carbonyl (C=O) groups is 1. The van der Waals surface area contributed by atoms with E-state index >= 15 is 0 Å². The van der Waals surface area contributed by atoms with E-state index in [1.54, 1.807) is 0 Å². The first-order valence-corrected chi connectivity index (χ1v) is 7.97. The minimum absolute atomic E-state index is 0. The summed E-state index contributed by atoms with van der Waals surface area (Å²) >= 11 is 0. The van der Waals surface area contributed by atoms with Crippen molar-refractivity contribution in [2.24, 2.45) is 5.92 Å². The van der Waals surface area contributed by atoms with Gasteiger partial charge >= 0.3 is 0 Å². The van der Waals surface area contributed by atoms with Crippen molar-refractivity contribution in [3.8, 4) is 0 Å². The number of nitrogens with zero attached hydrogens (tertiary/aromatic N) is 2. The molecule has 23 heavy (non-hydrogen) atoms. The van der Waals surface area contributed by atoms with Crippen molar-refractivity contribution in [2.75, 3.05) is 32.7 Å². The van der Waals surface area contributed by atoms with E-state index in [1.165, 1.54) is 11.1 Å². The van der Waals surface area contributed by atoms with E-state index < -0.39 is 0 Å². The van der Waals surface area contributed by atoms with Gasteiger partial charge in [0.05, 0.1) is 0 Å². The van der Waals surface area contributed by atoms with Crippen molar-refractivity contribution in [1.82, 2.24) is 15.1 Å². The first-order valence-electron chi connectivity index (χ1n) is 7.97. The van der Waals surface area contributed by atoms with Gasteiger partial charge in [-0.1, -0.05) is 19.9 Å². The topological polar surface area (TPSA) is 35.6 Å². The quantitative estimate of drug-likeness (QED) is 0.900. The van der Waals surface area contributed by atoms with E-state index in [-0.39, 0.29) is 30.7 Å². The van der Waals surface area contributed by atoms with E-state index in [2.05, 4.69) is 36.2 Å². The highest BCUT2D eigenvalue weighted by Gasteiger charge is 2.23. The summed E-state index contributed by atoms with van der Waals surface area (Å²) in [5.74, 6) is 0.880. The minimum atomic E-state index is 0. The second-order valence-corrected chi connectivity index (χ2v) is 6.57. The van der Waals surface area contributed by atoms with Gasteiger partial charge in [0.2, 0.25) is 0 Å². The van der Waals surface area contributed by atoms with Crippen LogP contribution in [0.15, 0.2) is 18.2 Å². The maximum Gasteiger partial charge on any atom is 0.253 e. The Labute approximate surface area is 151 Å². The summed E-state index contributed by atoms with van der Waals surface area (Å²) in [5.41, 5.74) is 3.45. The molecule has 130 valence electrons. The second kappa shape index (κ2) is 8.88. The molecule has 0 aromatic heterocycles. The fourth-order valence-corrected chi connectivity index (χ4v) is 3.26. The molecule has 0 radical (unpaired) electrons. The Morgan fingerprint density at radius 2 is 1.74 bits per heavy atom. The monoisotopic (exact) mass is 359 g/mol. The van der Waals surface area contributed by atoms with E-state index in [0.717, 1.165) is 51.4 Å². The Morgan fingerprint density at radius 3 is 2.39 bits per heavy atom. The van der Waals surface area contributed by atoms with Crippen molar-refractivity contribution in [3.63, 3.8) is 0 Å². The summed E-state index contributed by atoms with van der Waals surface area (Å²) in [7, 11) is 0. The number of rotatable bonds is 3. The fraction of sp³-hybridized carbons (Fsp3) is 0.588. The predicted molar refractivity (Wildman–Crippen MR) is 98.7 cm³/mol. The van der Waals surface area contributed by atoms with Crippen molar-refractivity contribution in [3.05, 3.63) is 34.9 Å². The molecule has 0 atom stereocenters. The highest BCUT2D eigenvalue weighted by molar-refractivity contribution is 5.94. The van der Waals surface area contributed by atoms with Gasteiger partial charge in [0.15, 0.2) is 0 Å². The van der Waals surface area contributed by atoms with Crippen LogP contribution in [0.3, 0.4) is 0 Å². The largest absolute Gasteiger partial charge is 0.336 e. The summed E-state index contributed by atoms with van der Waals surface area (Å²) < 4.78 is 0. The van der Waals surface area contributed by atoms with E-state index in [9.17, 15) is 4.79 Å². The highest BCUT2D eigenvalue weighted by Crippen LogP contribution is 2.18. The molecule has 1 aromatic carbocycles. The Hall–Kier alpha value is -0.810. The third kappa shape index (κ3) is 4.83. The normalized spacial score (nSPS) is 17.4. The summed E-state index contributed by atoms with van der Waals surface area (Å²) in [5, 5.41) is 3.33. The van der Waals surface area contributed by atoms with Crippen LogP contribution >= 0.6 is 24.8 Å². The molecule has 1 amide bonds. The zero-order valence-electron chi connectivity index (χ0n) is 13.9. The van der Waals surface area contributed by atoms with Gasteiger partial charge in [-0.15, -0.1) is 24.8 Å². The van der Waals surface area contributed by atoms with Crippen LogP contribution in [-0.2, 0) is 13.1 Å². The number of benzene rings is 1. The molecule has 0 spiro atoms. The average Bonchev–Trinajstić information content (AvgIpc) is 2.94. The molecule has 0 aliphatic carbocycles. The number of piperazine rings is 1. The van der Waals surface area contributed by atoms with Crippen LogP contribution in [0, 0.1) is 5.92 Å². The number of carbonyl (C=O) groups excluding carboxylic acids is 1. The van der Waals surface area contributed by atoms with Crippen LogP contribution < -0.4 is 5.32 Å². The number of hydrogen-bond acceptors (Lipinski definition) is 3. The minimum Gasteiger partial charge on any atom is -0.336 e. The molecule has 1 fully saturated rings. The smallest absolute Gasteiger partial charge is 0.253 e. The van der Waals surface area contributed by atoms with Gasteiger partial charge in [-0.2, -0.15) is 0 Å². The van der Waals surface area contributed by atoms with E-state index in [0.29, 0.717) is 5.92 Å². The van der Waals surface area contributed by atoms with Crippen molar-refractivity contribution < 1.29 is 4.79 Å². The number of halogens is 2. The Balaban J connectivity index is 0.00000132. The molecular weight excluding hydrogens is 333 g/mol. The van der Waals surface area contributed by atoms with Crippen LogP contribution in [0.25, 0.3) is 0 Å². The zero-order valence-corrected chi connectivity index (χ0v) is 15.5. The fourth-order valence-electron chi connectivity index (χ4n) is 3.26. The molecule has 4 nitrogen and oxygen atoms in total. The van der Waals surface area contributed by atoms with Crippen LogP contribution in [-0.4, -0.2) is 48.4 Å². The molecule has 1 N–H and O–H groups in total. The lowest BCUT2D eigenvalue weighted by molar-refractivity contribution is 0.0623. The van der Waals surface area contributed by atoms with E-state index in [4.69, 9.17) is 0 Å². The third-order valence-corrected chi connectivity index (χ3v) is 4.37. The van der Waals surface area contributed by atoms with Gasteiger partial charge in [-0.3, -0.25) is 9.69 Å². The van der Waals surface area contributed by atoms with Gasteiger partial charge < -0.3 is 10.2 Å². The molecule has 1 aromatic rings. The number of fused-ring (bicyclic) bond motifs is 1. The number of nitrogens with one attached hydrogen (secondary N) is 1. The van der Waals surface area contributed by atoms with Gasteiger partial charge in [0, 0.05) is 51.4 Å². The lowest BCUT2D eigenvalue weighted by Crippen LogP contribution is -2.49. The Morgan fingerprint density at radius 1 is 1.09 bits per heavy atom. The molecule has 2 heterocycles. The average molecular weight is 360 g/mol. The highest BCUT2D eigenvalue weighted by atomic mass is 35.5. The molecular formula is C17H27Cl2N3O. The predicted octanol–water partition coefficient (Wildman–Crippen LogP) is 2.55. The van der Waals surface area contributed by atoms with Crippen LogP contribution in [0.1, 0.15) is 35.3 Å². The summed E-state index contributed by atoms with van der Waals surface area (Å²) in [6.45, 7) is 11.1. The number of amides is 1. The zero-order chi connectivity index (χ0) is 14.8. The second-order valence-electron chi connectivity index (χ2n) is 6.57. The standard InChI is InChI=1S/C17H25N3O.2ClH/c1-13(2)12-19-5-7-20(8-6-19)17(21)14-3-4-15-10-18-11-16(15)9-14;;/h3-4,9,13,18H,5-8,10-12H2,1-2H3;2*1H. The van der Waals surface area contributed by atoms with Gasteiger partial charge in [-0.05, 0) is 29.2 Å². The Kier molecular flexibility index (Phi) is 7.81. The van der Waals surface area contributed by atoms with Gasteiger partial charge in [-0.25, -0.2) is 0 Å². The van der Waals surface area contributed by atoms with Crippen LogP contribution in [0.2, 0.25) is 0 Å². The van der Waals surface area contributed by atoms with E-state index in [1.807, 2.05) is 11.0 Å². The molecule has 2 aliphatic rings. The first kappa shape index (κ1) is 20.2. The number of hydrogen-bond donors (Lipinski definition) is 1.